The molecule has 4 nitrogen and oxygen atoms in total. The topological polar surface area (TPSA) is 41.3 Å². The van der Waals surface area contributed by atoms with E-state index in [0.29, 0.717) is 11.1 Å². The van der Waals surface area contributed by atoms with Crippen LogP contribution in [0.3, 0.4) is 0 Å². The van der Waals surface area contributed by atoms with E-state index in [1.54, 1.807) is 6.07 Å². The van der Waals surface area contributed by atoms with Crippen molar-refractivity contribution in [2.75, 3.05) is 0 Å². The van der Waals surface area contributed by atoms with Gasteiger partial charge in [0.2, 0.25) is 0 Å². The normalized spacial score (nSPS) is 14.8. The molecule has 1 saturated carbocycles. The third-order valence-electron chi connectivity index (χ3n) is 4.52. The molecule has 0 spiro atoms. The summed E-state index contributed by atoms with van der Waals surface area (Å²) in [5.74, 6) is 0.156. The fourth-order valence-corrected chi connectivity index (χ4v) is 3.10. The zero-order valence-corrected chi connectivity index (χ0v) is 14.1. The lowest BCUT2D eigenvalue weighted by atomic mass is 10.1. The molecule has 22 heavy (non-hydrogen) atoms. The number of phenols is 1. The van der Waals surface area contributed by atoms with Gasteiger partial charge in [0.25, 0.3) is 0 Å². The second-order valence-electron chi connectivity index (χ2n) is 6.16. The highest BCUT2D eigenvalue weighted by Crippen LogP contribution is 2.34. The average molecular weight is 320 g/mol. The maximum atomic E-state index is 9.78. The Bertz CT molecular complexity index is 691. The van der Waals surface area contributed by atoms with Crippen molar-refractivity contribution in [1.82, 2.24) is 14.7 Å². The van der Waals surface area contributed by atoms with Crippen molar-refractivity contribution in [3.05, 3.63) is 45.7 Å². The molecule has 1 aliphatic carbocycles. The molecule has 5 heteroatoms. The summed E-state index contributed by atoms with van der Waals surface area (Å²) in [5.41, 5.74) is 4.58. The standard InChI is InChI=1S/C17H22ClN3O/c1-11-15(12(2)20(3)19-11)10-21(14-7-8-14)9-13-5-4-6-16(22)17(13)18/h4-6,14,22H,7-10H2,1-3H3. The van der Waals surface area contributed by atoms with Gasteiger partial charge >= 0.3 is 0 Å². The van der Waals surface area contributed by atoms with Crippen molar-refractivity contribution in [2.24, 2.45) is 7.05 Å². The SMILES string of the molecule is Cc1nn(C)c(C)c1CN(Cc1cccc(O)c1Cl)C1CC1. The summed E-state index contributed by atoms with van der Waals surface area (Å²) in [7, 11) is 1.99. The van der Waals surface area contributed by atoms with Crippen LogP contribution >= 0.6 is 11.6 Å². The zero-order valence-electron chi connectivity index (χ0n) is 13.3. The van der Waals surface area contributed by atoms with Crippen LogP contribution in [0.1, 0.15) is 35.4 Å². The summed E-state index contributed by atoms with van der Waals surface area (Å²) in [4.78, 5) is 2.44. The number of aryl methyl sites for hydroxylation is 2. The number of aromatic nitrogens is 2. The number of halogens is 1. The molecule has 0 unspecified atom stereocenters. The number of aromatic hydroxyl groups is 1. The number of rotatable bonds is 5. The maximum Gasteiger partial charge on any atom is 0.134 e. The lowest BCUT2D eigenvalue weighted by molar-refractivity contribution is 0.244. The van der Waals surface area contributed by atoms with E-state index in [9.17, 15) is 5.11 Å². The van der Waals surface area contributed by atoms with E-state index in [4.69, 9.17) is 11.6 Å². The van der Waals surface area contributed by atoms with E-state index in [0.717, 1.165) is 24.3 Å². The van der Waals surface area contributed by atoms with Crippen LogP contribution in [-0.2, 0) is 20.1 Å². The summed E-state index contributed by atoms with van der Waals surface area (Å²) < 4.78 is 1.94. The Labute approximate surface area is 136 Å². The van der Waals surface area contributed by atoms with Crippen molar-refractivity contribution in [1.29, 1.82) is 0 Å². The van der Waals surface area contributed by atoms with Crippen LogP contribution < -0.4 is 0 Å². The highest BCUT2D eigenvalue weighted by molar-refractivity contribution is 6.32. The van der Waals surface area contributed by atoms with Gasteiger partial charge in [0.15, 0.2) is 0 Å². The van der Waals surface area contributed by atoms with Gasteiger partial charge in [0.05, 0.1) is 10.7 Å². The molecule has 118 valence electrons. The largest absolute Gasteiger partial charge is 0.506 e. The van der Waals surface area contributed by atoms with E-state index >= 15 is 0 Å². The zero-order chi connectivity index (χ0) is 15.9. The molecule has 1 aliphatic rings. The van der Waals surface area contributed by atoms with E-state index in [2.05, 4.69) is 23.8 Å². The van der Waals surface area contributed by atoms with Crippen LogP contribution in [0.5, 0.6) is 5.75 Å². The minimum absolute atomic E-state index is 0.156. The summed E-state index contributed by atoms with van der Waals surface area (Å²) in [5, 5.41) is 14.8. The number of phenolic OH excluding ortho intramolecular Hbond substituents is 1. The van der Waals surface area contributed by atoms with E-state index in [1.807, 2.05) is 23.9 Å². The summed E-state index contributed by atoms with van der Waals surface area (Å²) in [6, 6.07) is 6.07. The Hall–Kier alpha value is -1.52. The van der Waals surface area contributed by atoms with Gasteiger partial charge in [0.1, 0.15) is 5.75 Å². The second-order valence-corrected chi connectivity index (χ2v) is 6.54. The van der Waals surface area contributed by atoms with Crippen molar-refractivity contribution >= 4 is 11.6 Å². The molecule has 0 atom stereocenters. The van der Waals surface area contributed by atoms with Crippen molar-refractivity contribution in [2.45, 2.75) is 45.8 Å². The highest BCUT2D eigenvalue weighted by atomic mass is 35.5. The molecule has 3 rings (SSSR count). The minimum atomic E-state index is 0.156. The molecule has 1 fully saturated rings. The van der Waals surface area contributed by atoms with Crippen LogP contribution in [0.4, 0.5) is 0 Å². The van der Waals surface area contributed by atoms with E-state index in [1.165, 1.54) is 24.1 Å². The maximum absolute atomic E-state index is 9.78. The lowest BCUT2D eigenvalue weighted by Gasteiger charge is -2.23. The first kappa shape index (κ1) is 15.4. The van der Waals surface area contributed by atoms with Crippen LogP contribution in [-0.4, -0.2) is 25.8 Å². The van der Waals surface area contributed by atoms with Gasteiger partial charge in [-0.1, -0.05) is 23.7 Å². The lowest BCUT2D eigenvalue weighted by Crippen LogP contribution is -2.25. The van der Waals surface area contributed by atoms with Crippen LogP contribution in [0.25, 0.3) is 0 Å². The summed E-state index contributed by atoms with van der Waals surface area (Å²) in [6.07, 6.45) is 2.46. The third-order valence-corrected chi connectivity index (χ3v) is 4.95. The predicted octanol–water partition coefficient (Wildman–Crippen LogP) is 3.56. The number of hydrogen-bond acceptors (Lipinski definition) is 3. The number of nitrogens with zero attached hydrogens (tertiary/aromatic N) is 3. The highest BCUT2D eigenvalue weighted by Gasteiger charge is 2.30. The van der Waals surface area contributed by atoms with E-state index < -0.39 is 0 Å². The molecule has 1 aromatic heterocycles. The van der Waals surface area contributed by atoms with Gasteiger partial charge < -0.3 is 5.11 Å². The summed E-state index contributed by atoms with van der Waals surface area (Å²) >= 11 is 6.24. The first-order chi connectivity index (χ1) is 10.5. The minimum Gasteiger partial charge on any atom is -0.506 e. The fourth-order valence-electron chi connectivity index (χ4n) is 2.91. The van der Waals surface area contributed by atoms with Gasteiger partial charge in [0, 0.05) is 37.4 Å². The van der Waals surface area contributed by atoms with Crippen LogP contribution in [0, 0.1) is 13.8 Å². The van der Waals surface area contributed by atoms with Crippen molar-refractivity contribution < 1.29 is 5.11 Å². The fraction of sp³-hybridized carbons (Fsp3) is 0.471. The Morgan fingerprint density at radius 3 is 2.64 bits per heavy atom. The molecule has 1 aromatic carbocycles. The van der Waals surface area contributed by atoms with Gasteiger partial charge in [-0.25, -0.2) is 0 Å². The monoisotopic (exact) mass is 319 g/mol. The first-order valence-electron chi connectivity index (χ1n) is 7.67. The van der Waals surface area contributed by atoms with Crippen LogP contribution in [0.2, 0.25) is 5.02 Å². The van der Waals surface area contributed by atoms with E-state index in [-0.39, 0.29) is 5.75 Å². The molecular weight excluding hydrogens is 298 g/mol. The Morgan fingerprint density at radius 2 is 2.05 bits per heavy atom. The van der Waals surface area contributed by atoms with Crippen molar-refractivity contribution in [3.63, 3.8) is 0 Å². The molecule has 0 amide bonds. The second kappa shape index (κ2) is 5.94. The molecule has 0 bridgehead atoms. The summed E-state index contributed by atoms with van der Waals surface area (Å²) in [6.45, 7) is 5.81. The molecule has 0 aliphatic heterocycles. The number of hydrogen-bond donors (Lipinski definition) is 1. The predicted molar refractivity (Wildman–Crippen MR) is 88.1 cm³/mol. The molecule has 2 aromatic rings. The average Bonchev–Trinajstić information content (AvgIpc) is 3.28. The quantitative estimate of drug-likeness (QED) is 0.916. The molecule has 1 heterocycles. The van der Waals surface area contributed by atoms with Gasteiger partial charge in [-0.15, -0.1) is 0 Å². The number of benzene rings is 1. The molecular formula is C17H22ClN3O. The smallest absolute Gasteiger partial charge is 0.134 e. The van der Waals surface area contributed by atoms with Gasteiger partial charge in [-0.3, -0.25) is 9.58 Å². The van der Waals surface area contributed by atoms with Crippen molar-refractivity contribution in [3.8, 4) is 5.75 Å². The molecule has 0 radical (unpaired) electrons. The molecule has 1 N–H and O–H groups in total. The third kappa shape index (κ3) is 2.99. The Kier molecular flexibility index (Phi) is 4.15. The van der Waals surface area contributed by atoms with Gasteiger partial charge in [-0.05, 0) is 38.3 Å². The molecule has 0 saturated heterocycles. The van der Waals surface area contributed by atoms with Gasteiger partial charge in [-0.2, -0.15) is 5.10 Å². The van der Waals surface area contributed by atoms with Crippen LogP contribution in [0.15, 0.2) is 18.2 Å². The Balaban J connectivity index is 1.83. The first-order valence-corrected chi connectivity index (χ1v) is 8.04. The Morgan fingerprint density at radius 1 is 1.32 bits per heavy atom.